The van der Waals surface area contributed by atoms with E-state index in [0.29, 0.717) is 30.8 Å². The Morgan fingerprint density at radius 2 is 1.26 bits per heavy atom. The van der Waals surface area contributed by atoms with E-state index in [2.05, 4.69) is 33.0 Å². The van der Waals surface area contributed by atoms with E-state index in [4.69, 9.17) is 10.2 Å². The minimum Gasteiger partial charge on any atom is -0.396 e. The molecule has 0 aromatic rings. The van der Waals surface area contributed by atoms with Crippen LogP contribution in [0.4, 0.5) is 4.70 Å². The number of amides is 1. The van der Waals surface area contributed by atoms with Crippen molar-refractivity contribution in [3.05, 3.63) is 0 Å². The number of ketones is 1. The van der Waals surface area contributed by atoms with Gasteiger partial charge < -0.3 is 15.5 Å². The summed E-state index contributed by atoms with van der Waals surface area (Å²) in [5.74, 6) is 1.92. The molecular weight excluding hydrogens is 369 g/mol. The first-order valence-electron chi connectivity index (χ1n) is 9.51. The number of carbonyl (C=O) groups excluding carboxylic acids is 2. The molecule has 0 aromatic heterocycles. The molecule has 170 valence electrons. The summed E-state index contributed by atoms with van der Waals surface area (Å²) >= 11 is 0. The average Bonchev–Trinajstić information content (AvgIpc) is 2.50. The zero-order chi connectivity index (χ0) is 20.4. The molecule has 0 aliphatic rings. The fourth-order valence-electron chi connectivity index (χ4n) is 1.36. The molecule has 0 fully saturated rings. The van der Waals surface area contributed by atoms with Crippen LogP contribution in [0.15, 0.2) is 0 Å². The Balaban J connectivity index is -0.0000000632. The lowest BCUT2D eigenvalue weighted by Crippen LogP contribution is -2.29. The Morgan fingerprint density at radius 1 is 0.815 bits per heavy atom. The van der Waals surface area contributed by atoms with Gasteiger partial charge in [0.1, 0.15) is 5.78 Å². The number of rotatable bonds is 9. The second-order valence-corrected chi connectivity index (χ2v) is 7.63. The first kappa shape index (κ1) is 37.1. The SMILES string of the molecule is CC(C)C(=O)NCCO.CC(C)CCC(=O)C(C)C.CC(C)CCO.F.S.[HH]. The molecule has 0 atom stereocenters. The van der Waals surface area contributed by atoms with Crippen LogP contribution < -0.4 is 5.32 Å². The quantitative estimate of drug-likeness (QED) is 0.530. The number of hydrogen-bond donors (Lipinski definition) is 3. The van der Waals surface area contributed by atoms with E-state index >= 15 is 0 Å². The molecule has 3 N–H and O–H groups in total. The predicted octanol–water partition coefficient (Wildman–Crippen LogP) is 3.93. The first-order chi connectivity index (χ1) is 11.5. The van der Waals surface area contributed by atoms with Gasteiger partial charge in [-0.3, -0.25) is 14.3 Å². The van der Waals surface area contributed by atoms with Crippen LogP contribution in [-0.4, -0.2) is 41.7 Å². The van der Waals surface area contributed by atoms with E-state index in [9.17, 15) is 9.59 Å². The highest BCUT2D eigenvalue weighted by molar-refractivity contribution is 7.59. The predicted molar refractivity (Wildman–Crippen MR) is 120 cm³/mol. The molecule has 0 rings (SSSR count). The number of halogens is 1. The number of nitrogens with one attached hydrogen (secondary N) is 1. The van der Waals surface area contributed by atoms with Crippen molar-refractivity contribution in [3.8, 4) is 0 Å². The smallest absolute Gasteiger partial charge is 0.222 e. The molecule has 0 radical (unpaired) electrons. The van der Waals surface area contributed by atoms with Gasteiger partial charge in [-0.25, -0.2) is 0 Å². The van der Waals surface area contributed by atoms with Gasteiger partial charge >= 0.3 is 0 Å². The normalized spacial score (nSPS) is 9.56. The minimum atomic E-state index is -0.0101. The Bertz CT molecular complexity index is 331. The minimum absolute atomic E-state index is 0. The Kier molecular flexibility index (Phi) is 34.9. The lowest BCUT2D eigenvalue weighted by atomic mass is 10.00. The molecule has 27 heavy (non-hydrogen) atoms. The molecule has 0 saturated carbocycles. The average molecular weight is 418 g/mol. The molecule has 0 unspecified atom stereocenters. The van der Waals surface area contributed by atoms with E-state index in [1.807, 2.05) is 27.7 Å². The number of carbonyl (C=O) groups is 2. The second-order valence-electron chi connectivity index (χ2n) is 7.63. The van der Waals surface area contributed by atoms with Crippen molar-refractivity contribution >= 4 is 25.2 Å². The van der Waals surface area contributed by atoms with Gasteiger partial charge in [0.05, 0.1) is 6.61 Å². The van der Waals surface area contributed by atoms with Crippen molar-refractivity contribution in [1.29, 1.82) is 0 Å². The third-order valence-corrected chi connectivity index (χ3v) is 3.25. The van der Waals surface area contributed by atoms with Crippen LogP contribution in [0, 0.1) is 23.7 Å². The van der Waals surface area contributed by atoms with Gasteiger partial charge in [0, 0.05) is 32.8 Å². The summed E-state index contributed by atoms with van der Waals surface area (Å²) in [5, 5.41) is 19.1. The maximum absolute atomic E-state index is 11.0. The van der Waals surface area contributed by atoms with Crippen LogP contribution in [0.2, 0.25) is 0 Å². The van der Waals surface area contributed by atoms with Gasteiger partial charge in [-0.1, -0.05) is 55.4 Å². The fraction of sp³-hybridized carbons (Fsp3) is 0.900. The van der Waals surface area contributed by atoms with Gasteiger partial charge in [-0.15, -0.1) is 0 Å². The second kappa shape index (κ2) is 25.3. The topological polar surface area (TPSA) is 86.6 Å². The summed E-state index contributed by atoms with van der Waals surface area (Å²) in [6, 6.07) is 0. The van der Waals surface area contributed by atoms with Crippen molar-refractivity contribution < 1.29 is 25.9 Å². The monoisotopic (exact) mass is 417 g/mol. The number of Topliss-reactive ketones (excluding diaryl/α,β-unsaturated/α-hetero) is 1. The van der Waals surface area contributed by atoms with Gasteiger partial charge in [-0.2, -0.15) is 13.5 Å². The van der Waals surface area contributed by atoms with Crippen molar-refractivity contribution in [2.45, 2.75) is 74.7 Å². The van der Waals surface area contributed by atoms with E-state index in [0.717, 1.165) is 19.3 Å². The standard InChI is InChI=1S/C9H18O.C6H13NO2.C5H12O.FH.H2S.H2/c1-7(2)5-6-9(10)8(3)4;1-5(2)6(9)7-3-4-8;1-5(2)3-4-6;;;/h7-8H,5-6H2,1-4H3;5,8H,3-4H2,1-2H3,(H,7,9);5-6H,3-4H2,1-2H3;1H;1H2;1H. The molecule has 0 bridgehead atoms. The molecule has 0 spiro atoms. The van der Waals surface area contributed by atoms with Crippen molar-refractivity contribution in [1.82, 2.24) is 5.32 Å². The summed E-state index contributed by atoms with van der Waals surface area (Å²) in [5.41, 5.74) is 0. The number of aliphatic hydroxyl groups excluding tert-OH is 2. The van der Waals surface area contributed by atoms with Crippen molar-refractivity contribution in [2.75, 3.05) is 19.8 Å². The van der Waals surface area contributed by atoms with Crippen LogP contribution in [-0.2, 0) is 9.59 Å². The number of hydrogen-bond acceptors (Lipinski definition) is 4. The first-order valence-corrected chi connectivity index (χ1v) is 9.51. The Labute approximate surface area is 175 Å². The largest absolute Gasteiger partial charge is 0.396 e. The maximum Gasteiger partial charge on any atom is 0.222 e. The summed E-state index contributed by atoms with van der Waals surface area (Å²) in [6.45, 7) is 16.7. The van der Waals surface area contributed by atoms with Gasteiger partial charge in [0.15, 0.2) is 0 Å². The van der Waals surface area contributed by atoms with Crippen molar-refractivity contribution in [2.24, 2.45) is 23.7 Å². The summed E-state index contributed by atoms with van der Waals surface area (Å²) in [6.07, 6.45) is 2.73. The molecule has 0 saturated heterocycles. The van der Waals surface area contributed by atoms with Crippen LogP contribution in [0.3, 0.4) is 0 Å². The van der Waals surface area contributed by atoms with E-state index in [-0.39, 0.29) is 44.0 Å². The van der Waals surface area contributed by atoms with Gasteiger partial charge in [0.25, 0.3) is 0 Å². The maximum atomic E-state index is 11.0. The lowest BCUT2D eigenvalue weighted by Gasteiger charge is -2.05. The van der Waals surface area contributed by atoms with Crippen molar-refractivity contribution in [3.63, 3.8) is 0 Å². The van der Waals surface area contributed by atoms with Crippen LogP contribution >= 0.6 is 13.5 Å². The van der Waals surface area contributed by atoms with Crippen LogP contribution in [0.5, 0.6) is 0 Å². The van der Waals surface area contributed by atoms with E-state index < -0.39 is 0 Å². The van der Waals surface area contributed by atoms with Gasteiger partial charge in [0.2, 0.25) is 5.91 Å². The van der Waals surface area contributed by atoms with Gasteiger partial charge in [-0.05, 0) is 24.7 Å². The molecule has 0 aliphatic heterocycles. The highest BCUT2D eigenvalue weighted by Crippen LogP contribution is 2.07. The summed E-state index contributed by atoms with van der Waals surface area (Å²) in [7, 11) is 0. The molecule has 5 nitrogen and oxygen atoms in total. The van der Waals surface area contributed by atoms with Crippen LogP contribution in [0.1, 0.15) is 76.1 Å². The molecule has 0 heterocycles. The summed E-state index contributed by atoms with van der Waals surface area (Å²) < 4.78 is 0. The third-order valence-electron chi connectivity index (χ3n) is 3.25. The zero-order valence-corrected chi connectivity index (χ0v) is 19.7. The highest BCUT2D eigenvalue weighted by atomic mass is 32.1. The Morgan fingerprint density at radius 3 is 1.48 bits per heavy atom. The van der Waals surface area contributed by atoms with E-state index in [1.54, 1.807) is 0 Å². The molecule has 0 aliphatic carbocycles. The fourth-order valence-corrected chi connectivity index (χ4v) is 1.36. The van der Waals surface area contributed by atoms with Crippen LogP contribution in [0.25, 0.3) is 0 Å². The number of aliphatic hydroxyl groups is 2. The Hall–Kier alpha value is -0.660. The zero-order valence-electron chi connectivity index (χ0n) is 18.7. The highest BCUT2D eigenvalue weighted by Gasteiger charge is 2.07. The third kappa shape index (κ3) is 36.9. The molecule has 1 amide bonds. The summed E-state index contributed by atoms with van der Waals surface area (Å²) in [4.78, 5) is 21.7. The molecule has 7 heteroatoms. The molecular formula is C20H48FNO4S. The molecule has 0 aromatic carbocycles. The van der Waals surface area contributed by atoms with E-state index in [1.165, 1.54) is 0 Å². The lowest BCUT2D eigenvalue weighted by molar-refractivity contribution is -0.124.